The molecule has 0 saturated heterocycles. The summed E-state index contributed by atoms with van der Waals surface area (Å²) < 4.78 is 2.25. The van der Waals surface area contributed by atoms with E-state index in [2.05, 4.69) is 39.5 Å². The number of hydrazone groups is 1. The van der Waals surface area contributed by atoms with Gasteiger partial charge in [0.05, 0.1) is 6.42 Å². The molecule has 2 amide bonds. The maximum atomic E-state index is 12.5. The smallest absolute Gasteiger partial charge is 0.271 e. The number of nitrogens with one attached hydrogen (secondary N) is 2. The van der Waals surface area contributed by atoms with Gasteiger partial charge in [-0.1, -0.05) is 24.3 Å². The minimum Gasteiger partial charge on any atom is -0.508 e. The Morgan fingerprint density at radius 2 is 1.75 bits per heavy atom. The molecule has 0 bridgehead atoms. The number of hydrogen-bond donors (Lipinski definition) is 3. The number of anilines is 1. The van der Waals surface area contributed by atoms with E-state index in [-0.39, 0.29) is 23.6 Å². The molecule has 0 radical (unpaired) electrons. The Hall–Kier alpha value is -4.13. The van der Waals surface area contributed by atoms with E-state index in [9.17, 15) is 14.7 Å². The summed E-state index contributed by atoms with van der Waals surface area (Å²) in [6, 6.07) is 20.1. The minimum absolute atomic E-state index is 0.00300. The van der Waals surface area contributed by atoms with E-state index in [1.54, 1.807) is 19.1 Å². The zero-order valence-electron chi connectivity index (χ0n) is 17.9. The lowest BCUT2D eigenvalue weighted by molar-refractivity contribution is -0.115. The third kappa shape index (κ3) is 4.32. The van der Waals surface area contributed by atoms with Gasteiger partial charge >= 0.3 is 0 Å². The fourth-order valence-electron chi connectivity index (χ4n) is 3.81. The van der Waals surface area contributed by atoms with Crippen molar-refractivity contribution in [2.75, 3.05) is 5.32 Å². The number of rotatable bonds is 6. The Labute approximate surface area is 185 Å². The first-order valence-corrected chi connectivity index (χ1v) is 10.4. The van der Waals surface area contributed by atoms with E-state index < -0.39 is 5.91 Å². The quantitative estimate of drug-likeness (QED) is 0.308. The van der Waals surface area contributed by atoms with Gasteiger partial charge in [0, 0.05) is 45.3 Å². The Morgan fingerprint density at radius 1 is 0.969 bits per heavy atom. The molecular formula is C25H24N4O3. The number of aromatic nitrogens is 1. The summed E-state index contributed by atoms with van der Waals surface area (Å²) in [5.74, 6) is -0.688. The van der Waals surface area contributed by atoms with Gasteiger partial charge in [-0.2, -0.15) is 5.10 Å². The second-order valence-corrected chi connectivity index (χ2v) is 7.56. The molecule has 0 aliphatic heterocycles. The number of aromatic hydroxyl groups is 1. The van der Waals surface area contributed by atoms with Gasteiger partial charge in [-0.3, -0.25) is 9.59 Å². The Morgan fingerprint density at radius 3 is 2.53 bits per heavy atom. The van der Waals surface area contributed by atoms with Crippen molar-refractivity contribution in [1.82, 2.24) is 9.99 Å². The van der Waals surface area contributed by atoms with Crippen molar-refractivity contribution in [2.45, 2.75) is 26.8 Å². The number of aryl methyl sites for hydroxylation is 1. The van der Waals surface area contributed by atoms with Gasteiger partial charge in [0.1, 0.15) is 5.75 Å². The Bertz CT molecular complexity index is 1350. The van der Waals surface area contributed by atoms with Crippen LogP contribution in [-0.4, -0.2) is 27.2 Å². The molecule has 0 atom stereocenters. The first kappa shape index (κ1) is 21.1. The molecular weight excluding hydrogens is 404 g/mol. The van der Waals surface area contributed by atoms with Crippen LogP contribution in [0, 0.1) is 0 Å². The van der Waals surface area contributed by atoms with Crippen molar-refractivity contribution in [3.05, 3.63) is 72.3 Å². The van der Waals surface area contributed by atoms with Gasteiger partial charge in [-0.15, -0.1) is 0 Å². The molecule has 0 fully saturated rings. The molecule has 3 aromatic carbocycles. The minimum atomic E-state index is -0.460. The van der Waals surface area contributed by atoms with E-state index >= 15 is 0 Å². The van der Waals surface area contributed by atoms with Crippen LogP contribution in [0.4, 0.5) is 5.69 Å². The van der Waals surface area contributed by atoms with Crippen molar-refractivity contribution in [3.8, 4) is 5.75 Å². The van der Waals surface area contributed by atoms with Crippen LogP contribution in [0.25, 0.3) is 21.8 Å². The average molecular weight is 428 g/mol. The number of amides is 2. The largest absolute Gasteiger partial charge is 0.508 e. The number of phenols is 1. The molecule has 0 spiro atoms. The molecule has 4 rings (SSSR count). The van der Waals surface area contributed by atoms with E-state index in [0.717, 1.165) is 22.8 Å². The fraction of sp³-hybridized carbons (Fsp3) is 0.160. The normalized spacial score (nSPS) is 11.6. The number of fused-ring (bicyclic) bond motifs is 3. The summed E-state index contributed by atoms with van der Waals surface area (Å²) in [7, 11) is 0. The summed E-state index contributed by atoms with van der Waals surface area (Å²) in [5.41, 5.74) is 6.14. The number of hydrogen-bond acceptors (Lipinski definition) is 4. The lowest BCUT2D eigenvalue weighted by Gasteiger charge is -2.07. The molecule has 7 nitrogen and oxygen atoms in total. The lowest BCUT2D eigenvalue weighted by Crippen LogP contribution is -2.21. The van der Waals surface area contributed by atoms with Crippen LogP contribution in [-0.2, 0) is 11.3 Å². The highest BCUT2D eigenvalue weighted by Gasteiger charge is 2.12. The number of carbonyl (C=O) groups excluding carboxylic acids is 2. The third-order valence-corrected chi connectivity index (χ3v) is 5.25. The first-order chi connectivity index (χ1) is 15.5. The second kappa shape index (κ2) is 8.93. The second-order valence-electron chi connectivity index (χ2n) is 7.56. The van der Waals surface area contributed by atoms with Crippen LogP contribution in [0.1, 0.15) is 30.6 Å². The molecule has 32 heavy (non-hydrogen) atoms. The predicted octanol–water partition coefficient (Wildman–Crippen LogP) is 4.65. The van der Waals surface area contributed by atoms with Crippen LogP contribution in [0.5, 0.6) is 5.75 Å². The Kier molecular flexibility index (Phi) is 5.89. The van der Waals surface area contributed by atoms with Gasteiger partial charge < -0.3 is 15.0 Å². The molecule has 0 aliphatic rings. The van der Waals surface area contributed by atoms with Crippen LogP contribution in [0.2, 0.25) is 0 Å². The topological polar surface area (TPSA) is 95.7 Å². The average Bonchev–Trinajstić information content (AvgIpc) is 3.10. The van der Waals surface area contributed by atoms with E-state index in [1.807, 2.05) is 30.3 Å². The third-order valence-electron chi connectivity index (χ3n) is 5.25. The number of phenolic OH excluding ortho intramolecular Hbond substituents is 1. The summed E-state index contributed by atoms with van der Waals surface area (Å²) >= 11 is 0. The maximum absolute atomic E-state index is 12.5. The molecule has 3 N–H and O–H groups in total. The van der Waals surface area contributed by atoms with Crippen molar-refractivity contribution in [1.29, 1.82) is 0 Å². The summed E-state index contributed by atoms with van der Waals surface area (Å²) in [5, 5.41) is 18.6. The first-order valence-electron chi connectivity index (χ1n) is 10.4. The molecule has 7 heteroatoms. The molecule has 0 aliphatic carbocycles. The van der Waals surface area contributed by atoms with E-state index in [0.29, 0.717) is 11.4 Å². The molecule has 162 valence electrons. The van der Waals surface area contributed by atoms with Crippen molar-refractivity contribution < 1.29 is 14.7 Å². The van der Waals surface area contributed by atoms with Crippen LogP contribution < -0.4 is 10.7 Å². The lowest BCUT2D eigenvalue weighted by atomic mass is 10.1. The Balaban J connectivity index is 1.45. The van der Waals surface area contributed by atoms with E-state index in [1.165, 1.54) is 17.6 Å². The van der Waals surface area contributed by atoms with Crippen LogP contribution in [0.15, 0.2) is 71.8 Å². The molecule has 4 aromatic rings. The van der Waals surface area contributed by atoms with Gasteiger partial charge in [0.25, 0.3) is 5.91 Å². The van der Waals surface area contributed by atoms with Crippen LogP contribution >= 0.6 is 0 Å². The van der Waals surface area contributed by atoms with Gasteiger partial charge in [0.2, 0.25) is 5.91 Å². The highest BCUT2D eigenvalue weighted by Crippen LogP contribution is 2.31. The molecule has 1 heterocycles. The maximum Gasteiger partial charge on any atom is 0.271 e. The van der Waals surface area contributed by atoms with E-state index in [4.69, 9.17) is 0 Å². The number of carbonyl (C=O) groups is 2. The zero-order valence-corrected chi connectivity index (χ0v) is 17.9. The standard InChI is InChI=1S/C25H24N4O3/c1-3-29-22-10-5-4-9-20(22)21-15-18(11-12-23(21)29)26-24(31)13-16(2)27-28-25(32)17-7-6-8-19(30)14-17/h4-12,14-15,30H,3,13H2,1-2H3,(H,26,31)(H,28,32). The van der Waals surface area contributed by atoms with Crippen molar-refractivity contribution >= 4 is 45.0 Å². The summed E-state index contributed by atoms with van der Waals surface area (Å²) in [6.07, 6.45) is 0.0368. The highest BCUT2D eigenvalue weighted by molar-refractivity contribution is 6.11. The fourth-order valence-corrected chi connectivity index (χ4v) is 3.81. The summed E-state index contributed by atoms with van der Waals surface area (Å²) in [6.45, 7) is 4.64. The molecule has 1 aromatic heterocycles. The SMILES string of the molecule is CCn1c2ccccc2c2cc(NC(=O)CC(C)=NNC(=O)c3cccc(O)c3)ccc21. The molecule has 0 unspecified atom stereocenters. The number of nitrogens with zero attached hydrogens (tertiary/aromatic N) is 2. The van der Waals surface area contributed by atoms with Gasteiger partial charge in [-0.25, -0.2) is 5.43 Å². The van der Waals surface area contributed by atoms with Crippen molar-refractivity contribution in [3.63, 3.8) is 0 Å². The number of para-hydroxylation sites is 1. The zero-order chi connectivity index (χ0) is 22.7. The predicted molar refractivity (Wildman–Crippen MR) is 127 cm³/mol. The monoisotopic (exact) mass is 428 g/mol. The van der Waals surface area contributed by atoms with Crippen molar-refractivity contribution in [2.24, 2.45) is 5.10 Å². The highest BCUT2D eigenvalue weighted by atomic mass is 16.3. The van der Waals surface area contributed by atoms with Gasteiger partial charge in [-0.05, 0) is 56.3 Å². The van der Waals surface area contributed by atoms with Crippen LogP contribution in [0.3, 0.4) is 0 Å². The molecule has 0 saturated carbocycles. The number of benzene rings is 3. The van der Waals surface area contributed by atoms with Gasteiger partial charge in [0.15, 0.2) is 0 Å². The summed E-state index contributed by atoms with van der Waals surface area (Å²) in [4.78, 5) is 24.6.